The van der Waals surface area contributed by atoms with Crippen LogP contribution in [0.25, 0.3) is 6.08 Å². The first-order chi connectivity index (χ1) is 9.60. The molecule has 104 valence electrons. The van der Waals surface area contributed by atoms with Gasteiger partial charge in [0, 0.05) is 19.8 Å². The van der Waals surface area contributed by atoms with Crippen molar-refractivity contribution in [3.8, 4) is 0 Å². The summed E-state index contributed by atoms with van der Waals surface area (Å²) in [7, 11) is 3.99. The molecule has 0 spiro atoms. The number of nitrogens with zero attached hydrogens (tertiary/aromatic N) is 2. The summed E-state index contributed by atoms with van der Waals surface area (Å²) in [6.45, 7) is 4.11. The van der Waals surface area contributed by atoms with Gasteiger partial charge in [0.15, 0.2) is 5.17 Å². The van der Waals surface area contributed by atoms with Crippen LogP contribution in [0.4, 0.5) is 5.69 Å². The molecule has 1 saturated heterocycles. The summed E-state index contributed by atoms with van der Waals surface area (Å²) in [5.41, 5.74) is 2.13. The minimum Gasteiger partial charge on any atom is -0.378 e. The monoisotopic (exact) mass is 287 g/mol. The van der Waals surface area contributed by atoms with Gasteiger partial charge in [-0.3, -0.25) is 9.79 Å². The summed E-state index contributed by atoms with van der Waals surface area (Å²) in [6.07, 6.45) is 3.57. The maximum Gasteiger partial charge on any atom is 0.264 e. The average Bonchev–Trinajstić information content (AvgIpc) is 2.77. The predicted octanol–water partition coefficient (Wildman–Crippen LogP) is 2.50. The molecule has 0 aliphatic carbocycles. The number of hydrogen-bond donors (Lipinski definition) is 1. The standard InChI is InChI=1S/C15H17N3OS/c1-4-9-16-15-17-14(19)13(20-15)10-11-5-7-12(8-6-11)18(2)3/h4-8,10H,1,9H2,2-3H3,(H,16,17,19)/b13-10-. The molecule has 1 amide bonds. The molecule has 0 radical (unpaired) electrons. The third-order valence-electron chi connectivity index (χ3n) is 2.72. The van der Waals surface area contributed by atoms with Crippen LogP contribution in [-0.4, -0.2) is 31.7 Å². The Hall–Kier alpha value is -2.01. The van der Waals surface area contributed by atoms with Crippen LogP contribution >= 0.6 is 11.8 Å². The summed E-state index contributed by atoms with van der Waals surface area (Å²) < 4.78 is 0. The van der Waals surface area contributed by atoms with Crippen molar-refractivity contribution in [2.45, 2.75) is 0 Å². The second kappa shape index (κ2) is 6.43. The van der Waals surface area contributed by atoms with Crippen LogP contribution in [0, 0.1) is 0 Å². The first kappa shape index (κ1) is 14.4. The molecule has 1 aliphatic heterocycles. The average molecular weight is 287 g/mol. The van der Waals surface area contributed by atoms with E-state index in [4.69, 9.17) is 0 Å². The Morgan fingerprint density at radius 2 is 2.05 bits per heavy atom. The fourth-order valence-corrected chi connectivity index (χ4v) is 2.50. The minimum absolute atomic E-state index is 0.102. The maximum absolute atomic E-state index is 11.8. The summed E-state index contributed by atoms with van der Waals surface area (Å²) in [5.74, 6) is -0.102. The van der Waals surface area contributed by atoms with Crippen LogP contribution in [0.1, 0.15) is 5.56 Å². The summed E-state index contributed by atoms with van der Waals surface area (Å²) >= 11 is 1.36. The molecule has 4 nitrogen and oxygen atoms in total. The van der Waals surface area contributed by atoms with E-state index >= 15 is 0 Å². The van der Waals surface area contributed by atoms with E-state index in [1.165, 1.54) is 11.8 Å². The van der Waals surface area contributed by atoms with Gasteiger partial charge in [-0.25, -0.2) is 0 Å². The topological polar surface area (TPSA) is 44.7 Å². The van der Waals surface area contributed by atoms with E-state index in [0.717, 1.165) is 11.3 Å². The SMILES string of the molecule is C=CCN=C1NC(=O)/C(=C/c2ccc(N(C)C)cc2)S1. The molecule has 1 fully saturated rings. The molecule has 1 aliphatic rings. The van der Waals surface area contributed by atoms with Crippen LogP contribution in [0.5, 0.6) is 0 Å². The van der Waals surface area contributed by atoms with Crippen LogP contribution in [0.2, 0.25) is 0 Å². The van der Waals surface area contributed by atoms with Gasteiger partial charge < -0.3 is 10.2 Å². The van der Waals surface area contributed by atoms with Crippen LogP contribution in [0.3, 0.4) is 0 Å². The van der Waals surface area contributed by atoms with Gasteiger partial charge in [0.05, 0.1) is 11.4 Å². The highest BCUT2D eigenvalue weighted by atomic mass is 32.2. The number of thioether (sulfide) groups is 1. The quantitative estimate of drug-likeness (QED) is 0.683. The van der Waals surface area contributed by atoms with E-state index in [2.05, 4.69) is 16.9 Å². The third-order valence-corrected chi connectivity index (χ3v) is 3.67. The molecule has 1 aromatic rings. The number of aliphatic imine (C=N–C) groups is 1. The van der Waals surface area contributed by atoms with Gasteiger partial charge in [-0.05, 0) is 35.5 Å². The Kier molecular flexibility index (Phi) is 4.63. The second-order valence-corrected chi connectivity index (χ2v) is 5.52. The first-order valence-electron chi connectivity index (χ1n) is 6.24. The summed E-state index contributed by atoms with van der Waals surface area (Å²) in [5, 5.41) is 3.37. The molecule has 5 heteroatoms. The molecular weight excluding hydrogens is 270 g/mol. The van der Waals surface area contributed by atoms with E-state index < -0.39 is 0 Å². The lowest BCUT2D eigenvalue weighted by Crippen LogP contribution is -2.19. The van der Waals surface area contributed by atoms with Crippen molar-refractivity contribution in [3.63, 3.8) is 0 Å². The molecule has 1 heterocycles. The summed E-state index contributed by atoms with van der Waals surface area (Å²) in [6, 6.07) is 8.04. The van der Waals surface area contributed by atoms with Crippen molar-refractivity contribution >= 4 is 34.6 Å². The van der Waals surface area contributed by atoms with E-state index in [0.29, 0.717) is 16.6 Å². The number of carbonyl (C=O) groups excluding carboxylic acids is 1. The lowest BCUT2D eigenvalue weighted by atomic mass is 10.2. The number of anilines is 1. The minimum atomic E-state index is -0.102. The predicted molar refractivity (Wildman–Crippen MR) is 87.0 cm³/mol. The number of benzene rings is 1. The van der Waals surface area contributed by atoms with E-state index in [9.17, 15) is 4.79 Å². The smallest absolute Gasteiger partial charge is 0.264 e. The lowest BCUT2D eigenvalue weighted by Gasteiger charge is -2.11. The number of nitrogens with one attached hydrogen (secondary N) is 1. The highest BCUT2D eigenvalue weighted by molar-refractivity contribution is 8.18. The molecule has 0 unspecified atom stereocenters. The van der Waals surface area contributed by atoms with Gasteiger partial charge in [-0.15, -0.1) is 6.58 Å². The van der Waals surface area contributed by atoms with Crippen molar-refractivity contribution in [2.24, 2.45) is 4.99 Å². The summed E-state index contributed by atoms with van der Waals surface area (Å²) in [4.78, 5) is 18.7. The molecule has 0 aromatic heterocycles. The zero-order valence-electron chi connectivity index (χ0n) is 11.6. The normalized spacial score (nSPS) is 18.4. The molecule has 0 bridgehead atoms. The number of amidine groups is 1. The first-order valence-corrected chi connectivity index (χ1v) is 7.05. The molecule has 0 saturated carbocycles. The Balaban J connectivity index is 2.14. The van der Waals surface area contributed by atoms with Crippen molar-refractivity contribution in [2.75, 3.05) is 25.5 Å². The van der Waals surface area contributed by atoms with Crippen molar-refractivity contribution in [1.82, 2.24) is 5.32 Å². The Morgan fingerprint density at radius 3 is 2.65 bits per heavy atom. The highest BCUT2D eigenvalue weighted by Gasteiger charge is 2.23. The fourth-order valence-electron chi connectivity index (χ4n) is 1.67. The maximum atomic E-state index is 11.8. The zero-order chi connectivity index (χ0) is 14.5. The third kappa shape index (κ3) is 3.51. The Bertz CT molecular complexity index is 573. The van der Waals surface area contributed by atoms with Gasteiger partial charge in [0.2, 0.25) is 0 Å². The van der Waals surface area contributed by atoms with Gasteiger partial charge in [-0.2, -0.15) is 0 Å². The molecular formula is C15H17N3OS. The van der Waals surface area contributed by atoms with E-state index in [-0.39, 0.29) is 5.91 Å². The number of hydrogen-bond acceptors (Lipinski definition) is 4. The van der Waals surface area contributed by atoms with Gasteiger partial charge >= 0.3 is 0 Å². The lowest BCUT2D eigenvalue weighted by molar-refractivity contribution is -0.115. The molecule has 2 rings (SSSR count). The molecule has 20 heavy (non-hydrogen) atoms. The molecule has 1 N–H and O–H groups in total. The number of carbonyl (C=O) groups is 1. The zero-order valence-corrected chi connectivity index (χ0v) is 12.4. The molecule has 0 atom stereocenters. The van der Waals surface area contributed by atoms with Crippen molar-refractivity contribution in [3.05, 3.63) is 47.4 Å². The van der Waals surface area contributed by atoms with Gasteiger partial charge in [-0.1, -0.05) is 18.2 Å². The Morgan fingerprint density at radius 1 is 1.35 bits per heavy atom. The Labute approximate surface area is 123 Å². The highest BCUT2D eigenvalue weighted by Crippen LogP contribution is 2.26. The second-order valence-electron chi connectivity index (χ2n) is 4.49. The fraction of sp³-hybridized carbons (Fsp3) is 0.200. The van der Waals surface area contributed by atoms with Crippen molar-refractivity contribution in [1.29, 1.82) is 0 Å². The van der Waals surface area contributed by atoms with E-state index in [1.807, 2.05) is 49.3 Å². The number of rotatable bonds is 4. The van der Waals surface area contributed by atoms with Crippen LogP contribution in [-0.2, 0) is 4.79 Å². The van der Waals surface area contributed by atoms with E-state index in [1.54, 1.807) is 6.08 Å². The van der Waals surface area contributed by atoms with Crippen LogP contribution < -0.4 is 10.2 Å². The van der Waals surface area contributed by atoms with Crippen LogP contribution in [0.15, 0.2) is 46.8 Å². The van der Waals surface area contributed by atoms with Crippen molar-refractivity contribution < 1.29 is 4.79 Å². The largest absolute Gasteiger partial charge is 0.378 e. The van der Waals surface area contributed by atoms with Gasteiger partial charge in [0.25, 0.3) is 5.91 Å². The number of amides is 1. The molecule has 1 aromatic carbocycles. The van der Waals surface area contributed by atoms with Gasteiger partial charge in [0.1, 0.15) is 0 Å².